The number of fused-ring (bicyclic) bond motifs is 4. The van der Waals surface area contributed by atoms with E-state index in [1.165, 1.54) is 66.4 Å². The summed E-state index contributed by atoms with van der Waals surface area (Å²) in [5.74, 6) is 2.99. The molecule has 424 valence electrons. The summed E-state index contributed by atoms with van der Waals surface area (Å²) in [6.45, 7) is 16.3. The minimum Gasteiger partial charge on any atom is -0.495 e. The molecule has 1 unspecified atom stereocenters. The van der Waals surface area contributed by atoms with E-state index in [1.807, 2.05) is 0 Å². The third-order valence-electron chi connectivity index (χ3n) is 16.9. The van der Waals surface area contributed by atoms with Crippen LogP contribution in [-0.4, -0.2) is 20.3 Å². The third-order valence-corrected chi connectivity index (χ3v) is 16.9. The zero-order chi connectivity index (χ0) is 58.6. The second kappa shape index (κ2) is 24.7. The second-order valence-corrected chi connectivity index (χ2v) is 22.7. The number of aryl methyl sites for hydroxylation is 5. The fourth-order valence-electron chi connectivity index (χ4n) is 12.9. The van der Waals surface area contributed by atoms with E-state index in [0.717, 1.165) is 115 Å². The van der Waals surface area contributed by atoms with Crippen molar-refractivity contribution in [3.8, 4) is 17.2 Å². The van der Waals surface area contributed by atoms with Gasteiger partial charge in [0.05, 0.1) is 20.3 Å². The lowest BCUT2D eigenvalue weighted by Crippen LogP contribution is -2.10. The van der Waals surface area contributed by atoms with Gasteiger partial charge in [-0.15, -0.1) is 0 Å². The normalized spacial score (nSPS) is 11.8. The molecule has 12 aromatic carbocycles. The molecule has 0 aliphatic carbocycles. The first-order valence-electron chi connectivity index (χ1n) is 30.2. The Labute approximate surface area is 501 Å². The van der Waals surface area contributed by atoms with Gasteiger partial charge in [0.2, 0.25) is 0 Å². The second-order valence-electron chi connectivity index (χ2n) is 22.7. The minimum absolute atomic E-state index is 0.333. The molecule has 0 bridgehead atoms. The van der Waals surface area contributed by atoms with Gasteiger partial charge in [0.15, 0.2) is 0 Å². The Morgan fingerprint density at radius 1 is 0.376 bits per heavy atom. The van der Waals surface area contributed by atoms with Crippen LogP contribution in [0.3, 0.4) is 0 Å². The monoisotopic (exact) mass is 1110 g/mol. The summed E-state index contributed by atoms with van der Waals surface area (Å²) in [7, 11) is 1.77. The van der Waals surface area contributed by atoms with Crippen molar-refractivity contribution in [3.05, 3.63) is 274 Å². The maximum absolute atomic E-state index is 6.66. The van der Waals surface area contributed by atoms with Gasteiger partial charge in [-0.2, -0.15) is 0 Å². The molecular formula is C79H75N3O3. The molecule has 0 saturated carbocycles. The van der Waals surface area contributed by atoms with Gasteiger partial charge in [0.1, 0.15) is 17.2 Å². The molecule has 0 aromatic heterocycles. The van der Waals surface area contributed by atoms with Crippen LogP contribution in [0.25, 0.3) is 43.1 Å². The SMILES string of the molecule is CCOc1c2ccc(Cc3ccc(N(c4ccc(C)cc4)c4ccc(Nc5ccc6c(OC)c7ccccc7c(CC)c6c5)cc4)cc3)cc2c(OCC)c2cc(Nc3ccc(C(Cc4ccccc4)Cc4c(C)cc(C)cc4C)cc3)ccc12. The van der Waals surface area contributed by atoms with Crippen molar-refractivity contribution in [1.82, 2.24) is 0 Å². The van der Waals surface area contributed by atoms with Crippen LogP contribution >= 0.6 is 0 Å². The van der Waals surface area contributed by atoms with Gasteiger partial charge in [-0.05, 0) is 232 Å². The Bertz CT molecular complexity index is 4320. The summed E-state index contributed by atoms with van der Waals surface area (Å²) in [5, 5.41) is 16.3. The van der Waals surface area contributed by atoms with Gasteiger partial charge in [-0.1, -0.05) is 133 Å². The highest BCUT2D eigenvalue weighted by Gasteiger charge is 2.21. The van der Waals surface area contributed by atoms with E-state index in [1.54, 1.807) is 7.11 Å². The lowest BCUT2D eigenvalue weighted by atomic mass is 9.83. The fourth-order valence-corrected chi connectivity index (χ4v) is 12.9. The van der Waals surface area contributed by atoms with Crippen LogP contribution in [0.4, 0.5) is 39.8 Å². The first-order chi connectivity index (χ1) is 41.6. The number of benzene rings is 12. The van der Waals surface area contributed by atoms with Gasteiger partial charge in [-0.25, -0.2) is 0 Å². The molecule has 6 heteroatoms. The van der Waals surface area contributed by atoms with Crippen molar-refractivity contribution in [2.45, 2.75) is 80.1 Å². The van der Waals surface area contributed by atoms with E-state index in [0.29, 0.717) is 19.1 Å². The summed E-state index contributed by atoms with van der Waals surface area (Å²) < 4.78 is 19.2. The van der Waals surface area contributed by atoms with Crippen LogP contribution in [0.15, 0.2) is 218 Å². The molecule has 12 aromatic rings. The van der Waals surface area contributed by atoms with Crippen molar-refractivity contribution in [2.75, 3.05) is 35.9 Å². The van der Waals surface area contributed by atoms with E-state index in [9.17, 15) is 0 Å². The number of ether oxygens (including phenoxy) is 3. The Balaban J connectivity index is 0.804. The zero-order valence-corrected chi connectivity index (χ0v) is 50.3. The smallest absolute Gasteiger partial charge is 0.135 e. The Hall–Kier alpha value is -9.52. The fraction of sp³-hybridized carbons (Fsp3) is 0.190. The van der Waals surface area contributed by atoms with E-state index < -0.39 is 0 Å². The molecule has 85 heavy (non-hydrogen) atoms. The lowest BCUT2D eigenvalue weighted by Gasteiger charge is -2.26. The topological polar surface area (TPSA) is 55.0 Å². The Kier molecular flexibility index (Phi) is 16.3. The molecule has 0 radical (unpaired) electrons. The van der Waals surface area contributed by atoms with Gasteiger partial charge < -0.3 is 29.7 Å². The molecule has 12 rings (SSSR count). The molecule has 0 spiro atoms. The predicted molar refractivity (Wildman–Crippen MR) is 360 cm³/mol. The van der Waals surface area contributed by atoms with Gasteiger partial charge in [0.25, 0.3) is 0 Å². The summed E-state index contributed by atoms with van der Waals surface area (Å²) in [6.07, 6.45) is 3.63. The molecule has 0 aliphatic rings. The van der Waals surface area contributed by atoms with Gasteiger partial charge >= 0.3 is 0 Å². The number of nitrogens with one attached hydrogen (secondary N) is 2. The quantitative estimate of drug-likeness (QED) is 0.0742. The molecule has 0 aliphatic heterocycles. The molecular weight excluding hydrogens is 1040 g/mol. The van der Waals surface area contributed by atoms with E-state index in [2.05, 4.69) is 282 Å². The molecule has 0 saturated heterocycles. The number of methoxy groups -OCH3 is 1. The molecule has 2 N–H and O–H groups in total. The average Bonchev–Trinajstić information content (AvgIpc) is 1.98. The highest BCUT2D eigenvalue weighted by atomic mass is 16.5. The number of hydrogen-bond donors (Lipinski definition) is 2. The summed E-state index contributed by atoms with van der Waals surface area (Å²) in [5.41, 5.74) is 20.5. The van der Waals surface area contributed by atoms with Crippen molar-refractivity contribution in [3.63, 3.8) is 0 Å². The molecule has 6 nitrogen and oxygen atoms in total. The summed E-state index contributed by atoms with van der Waals surface area (Å²) >= 11 is 0. The Morgan fingerprint density at radius 2 is 0.859 bits per heavy atom. The molecule has 0 fully saturated rings. The Morgan fingerprint density at radius 3 is 1.46 bits per heavy atom. The van der Waals surface area contributed by atoms with E-state index in [-0.39, 0.29) is 0 Å². The largest absolute Gasteiger partial charge is 0.495 e. The summed E-state index contributed by atoms with van der Waals surface area (Å²) in [6, 6.07) is 79.6. The van der Waals surface area contributed by atoms with Crippen LogP contribution in [0, 0.1) is 27.7 Å². The number of nitrogens with zero attached hydrogens (tertiary/aromatic N) is 1. The van der Waals surface area contributed by atoms with Crippen molar-refractivity contribution in [2.24, 2.45) is 0 Å². The van der Waals surface area contributed by atoms with Crippen LogP contribution in [0.5, 0.6) is 17.2 Å². The molecule has 0 heterocycles. The molecule has 0 amide bonds. The first kappa shape index (κ1) is 56.0. The minimum atomic E-state index is 0.333. The van der Waals surface area contributed by atoms with Crippen LogP contribution in [0.1, 0.15) is 82.3 Å². The average molecular weight is 1110 g/mol. The summed E-state index contributed by atoms with van der Waals surface area (Å²) in [4.78, 5) is 2.33. The van der Waals surface area contributed by atoms with E-state index >= 15 is 0 Å². The van der Waals surface area contributed by atoms with Crippen molar-refractivity contribution >= 4 is 82.9 Å². The van der Waals surface area contributed by atoms with Crippen LogP contribution in [0.2, 0.25) is 0 Å². The standard InChI is InChI=1S/C79H75N3O3/c1-9-67-68-19-15-16-20-69(68)77(83-8)70-41-32-62(49-74(67)70)81-61-30-38-66(39-31-61)82(64-34-21-51(4)22-35-64)65-36-23-56(24-37-65)45-57-25-40-71-75(47-57)79(85-11-3)76-50-63(33-42-72(76)78(71)84-10-2)80-60-28-26-58(27-29-60)59(46-55-17-13-12-14-18-55)48-73-53(6)43-52(5)44-54(73)7/h12-44,47,49-50,59,80-81H,9-11,45-46,48H2,1-8H3. The maximum Gasteiger partial charge on any atom is 0.135 e. The van der Waals surface area contributed by atoms with E-state index in [4.69, 9.17) is 14.2 Å². The van der Waals surface area contributed by atoms with Gasteiger partial charge in [-0.3, -0.25) is 0 Å². The van der Waals surface area contributed by atoms with Gasteiger partial charge in [0, 0.05) is 72.1 Å². The molecule has 1 atom stereocenters. The predicted octanol–water partition coefficient (Wildman–Crippen LogP) is 21.0. The maximum atomic E-state index is 6.66. The first-order valence-corrected chi connectivity index (χ1v) is 30.2. The number of rotatable bonds is 20. The highest BCUT2D eigenvalue weighted by molar-refractivity contribution is 6.12. The lowest BCUT2D eigenvalue weighted by molar-refractivity contribution is 0.342. The number of anilines is 7. The third kappa shape index (κ3) is 11.8. The van der Waals surface area contributed by atoms with Crippen molar-refractivity contribution in [1.29, 1.82) is 0 Å². The van der Waals surface area contributed by atoms with Crippen LogP contribution < -0.4 is 29.7 Å². The van der Waals surface area contributed by atoms with Crippen LogP contribution in [-0.2, 0) is 25.7 Å². The zero-order valence-electron chi connectivity index (χ0n) is 50.3. The highest BCUT2D eigenvalue weighted by Crippen LogP contribution is 2.46. The van der Waals surface area contributed by atoms with Crippen molar-refractivity contribution < 1.29 is 14.2 Å². The number of hydrogen-bond acceptors (Lipinski definition) is 6.